The third-order valence-corrected chi connectivity index (χ3v) is 6.70. The van der Waals surface area contributed by atoms with Crippen molar-refractivity contribution >= 4 is 34.3 Å². The molecule has 6 nitrogen and oxygen atoms in total. The molecule has 0 unspecified atom stereocenters. The molecule has 0 saturated heterocycles. The first-order valence-electron chi connectivity index (χ1n) is 11.1. The van der Waals surface area contributed by atoms with Crippen LogP contribution in [0.2, 0.25) is 0 Å². The van der Waals surface area contributed by atoms with E-state index in [2.05, 4.69) is 22.3 Å². The summed E-state index contributed by atoms with van der Waals surface area (Å²) >= 11 is 1.38. The minimum Gasteiger partial charge on any atom is -0.462 e. The number of hydrogen-bond donors (Lipinski definition) is 1. The molecule has 1 aliphatic heterocycles. The second-order valence-electron chi connectivity index (χ2n) is 7.91. The van der Waals surface area contributed by atoms with Crippen LogP contribution >= 0.6 is 11.3 Å². The van der Waals surface area contributed by atoms with Crippen molar-refractivity contribution in [2.45, 2.75) is 26.4 Å². The number of nitrogens with one attached hydrogen (secondary N) is 1. The quantitative estimate of drug-likeness (QED) is 0.297. The van der Waals surface area contributed by atoms with Crippen molar-refractivity contribution in [2.24, 2.45) is 0 Å². The lowest BCUT2D eigenvalue weighted by Gasteiger charge is -2.27. The zero-order chi connectivity index (χ0) is 23.9. The summed E-state index contributed by atoms with van der Waals surface area (Å²) in [5.41, 5.74) is 3.28. The van der Waals surface area contributed by atoms with Gasteiger partial charge in [-0.25, -0.2) is 4.79 Å². The number of ether oxygens (including phenoxy) is 1. The molecule has 1 N–H and O–H groups in total. The summed E-state index contributed by atoms with van der Waals surface area (Å²) in [6, 6.07) is 21.4. The van der Waals surface area contributed by atoms with Gasteiger partial charge < -0.3 is 10.1 Å². The van der Waals surface area contributed by atoms with Gasteiger partial charge in [-0.05, 0) is 36.1 Å². The Morgan fingerprint density at radius 2 is 1.85 bits per heavy atom. The average molecular weight is 472 g/mol. The van der Waals surface area contributed by atoms with Gasteiger partial charge in [0.15, 0.2) is 0 Å². The van der Waals surface area contributed by atoms with Gasteiger partial charge in [0.1, 0.15) is 16.6 Å². The minimum absolute atomic E-state index is 0.0296. The number of nitrogens with zero attached hydrogens (tertiary/aromatic N) is 2. The predicted octanol–water partition coefficient (Wildman–Crippen LogP) is 5.03. The molecular formula is C27H25N3O3S. The summed E-state index contributed by atoms with van der Waals surface area (Å²) < 4.78 is 5.30. The van der Waals surface area contributed by atoms with Crippen LogP contribution in [0, 0.1) is 11.3 Å². The van der Waals surface area contributed by atoms with E-state index in [1.54, 1.807) is 6.92 Å². The van der Waals surface area contributed by atoms with Gasteiger partial charge in [-0.15, -0.1) is 11.3 Å². The van der Waals surface area contributed by atoms with Gasteiger partial charge in [-0.3, -0.25) is 9.69 Å². The Kier molecular flexibility index (Phi) is 7.53. The standard InChI is InChI=1S/C27H25N3O3S/c1-2-33-27(32)24-22-13-14-30(17-20-11-7-4-8-12-20)18-23(22)34-26(24)29-25(31)21(16-28)15-19-9-5-3-6-10-19/h3-12,15H,2,13-14,17-18H2,1H3,(H,29,31). The van der Waals surface area contributed by atoms with E-state index in [-0.39, 0.29) is 12.2 Å². The van der Waals surface area contributed by atoms with Crippen molar-refractivity contribution in [1.82, 2.24) is 4.90 Å². The number of fused-ring (bicyclic) bond motifs is 1. The number of benzene rings is 2. The molecule has 0 bridgehead atoms. The number of anilines is 1. The maximum absolute atomic E-state index is 12.9. The van der Waals surface area contributed by atoms with Crippen molar-refractivity contribution in [3.63, 3.8) is 0 Å². The van der Waals surface area contributed by atoms with Gasteiger partial charge >= 0.3 is 5.97 Å². The SMILES string of the molecule is CCOC(=O)c1c(NC(=O)C(C#N)=Cc2ccccc2)sc2c1CCN(Cc1ccccc1)C2. The number of amides is 1. The van der Waals surface area contributed by atoms with E-state index in [0.29, 0.717) is 23.5 Å². The Labute approximate surface area is 203 Å². The molecule has 0 saturated carbocycles. The molecule has 1 amide bonds. The summed E-state index contributed by atoms with van der Waals surface area (Å²) in [4.78, 5) is 29.1. The highest BCUT2D eigenvalue weighted by molar-refractivity contribution is 7.17. The second-order valence-corrected chi connectivity index (χ2v) is 9.01. The lowest BCUT2D eigenvalue weighted by Crippen LogP contribution is -2.29. The Morgan fingerprint density at radius 3 is 2.53 bits per heavy atom. The van der Waals surface area contributed by atoms with Crippen LogP contribution in [-0.4, -0.2) is 29.9 Å². The summed E-state index contributed by atoms with van der Waals surface area (Å²) in [5, 5.41) is 12.8. The molecule has 2 heterocycles. The minimum atomic E-state index is -0.545. The fraction of sp³-hybridized carbons (Fsp3) is 0.222. The zero-order valence-electron chi connectivity index (χ0n) is 18.9. The van der Waals surface area contributed by atoms with E-state index in [1.165, 1.54) is 23.0 Å². The van der Waals surface area contributed by atoms with Crippen LogP contribution in [0.1, 0.15) is 38.8 Å². The molecule has 0 atom stereocenters. The highest BCUT2D eigenvalue weighted by atomic mass is 32.1. The fourth-order valence-electron chi connectivity index (χ4n) is 3.98. The van der Waals surface area contributed by atoms with Gasteiger partial charge in [-0.1, -0.05) is 60.7 Å². The van der Waals surface area contributed by atoms with Gasteiger partial charge in [0, 0.05) is 24.5 Å². The third kappa shape index (κ3) is 5.42. The summed E-state index contributed by atoms with van der Waals surface area (Å²) in [6.07, 6.45) is 2.22. The van der Waals surface area contributed by atoms with Crippen LogP contribution in [-0.2, 0) is 29.0 Å². The second kappa shape index (κ2) is 10.9. The number of rotatable bonds is 7. The van der Waals surface area contributed by atoms with Crippen molar-refractivity contribution in [3.8, 4) is 6.07 Å². The third-order valence-electron chi connectivity index (χ3n) is 5.57. The van der Waals surface area contributed by atoms with Gasteiger partial charge in [0.05, 0.1) is 12.2 Å². The van der Waals surface area contributed by atoms with E-state index in [1.807, 2.05) is 54.6 Å². The number of hydrogen-bond acceptors (Lipinski definition) is 6. The molecule has 7 heteroatoms. The van der Waals surface area contributed by atoms with Crippen molar-refractivity contribution < 1.29 is 14.3 Å². The first kappa shape index (κ1) is 23.4. The number of esters is 1. The lowest BCUT2D eigenvalue weighted by molar-refractivity contribution is -0.112. The van der Waals surface area contributed by atoms with Crippen LogP contribution in [0.15, 0.2) is 66.2 Å². The van der Waals surface area contributed by atoms with E-state index in [0.717, 1.165) is 29.1 Å². The summed E-state index contributed by atoms with van der Waals surface area (Å²) in [7, 11) is 0. The Bertz CT molecular complexity index is 1240. The Hall–Kier alpha value is -3.73. The van der Waals surface area contributed by atoms with Crippen LogP contribution in [0.4, 0.5) is 5.00 Å². The van der Waals surface area contributed by atoms with Crippen LogP contribution < -0.4 is 5.32 Å². The average Bonchev–Trinajstić information content (AvgIpc) is 3.21. The number of nitriles is 1. The first-order chi connectivity index (χ1) is 16.6. The molecular weight excluding hydrogens is 446 g/mol. The van der Waals surface area contributed by atoms with Crippen molar-refractivity contribution in [2.75, 3.05) is 18.5 Å². The molecule has 172 valence electrons. The van der Waals surface area contributed by atoms with E-state index in [9.17, 15) is 14.9 Å². The first-order valence-corrected chi connectivity index (χ1v) is 12.0. The highest BCUT2D eigenvalue weighted by Crippen LogP contribution is 2.38. The normalized spacial score (nSPS) is 13.6. The molecule has 0 fully saturated rings. The monoisotopic (exact) mass is 471 g/mol. The van der Waals surface area contributed by atoms with Crippen LogP contribution in [0.3, 0.4) is 0 Å². The number of carbonyl (C=O) groups excluding carboxylic acids is 2. The van der Waals surface area contributed by atoms with Crippen LogP contribution in [0.25, 0.3) is 6.08 Å². The molecule has 2 aromatic carbocycles. The molecule has 3 aromatic rings. The number of thiophene rings is 1. The van der Waals surface area contributed by atoms with E-state index >= 15 is 0 Å². The maximum Gasteiger partial charge on any atom is 0.341 e. The molecule has 4 rings (SSSR count). The molecule has 1 aliphatic rings. The van der Waals surface area contributed by atoms with Gasteiger partial charge in [-0.2, -0.15) is 5.26 Å². The molecule has 1 aromatic heterocycles. The van der Waals surface area contributed by atoms with E-state index < -0.39 is 11.9 Å². The van der Waals surface area contributed by atoms with Crippen LogP contribution in [0.5, 0.6) is 0 Å². The molecule has 0 spiro atoms. The zero-order valence-corrected chi connectivity index (χ0v) is 19.7. The Balaban J connectivity index is 1.60. The summed E-state index contributed by atoms with van der Waals surface area (Å²) in [6.45, 7) is 4.30. The Morgan fingerprint density at radius 1 is 1.15 bits per heavy atom. The lowest BCUT2D eigenvalue weighted by atomic mass is 10.0. The molecule has 0 aliphatic carbocycles. The van der Waals surface area contributed by atoms with Crippen molar-refractivity contribution in [1.29, 1.82) is 5.26 Å². The maximum atomic E-state index is 12.9. The van der Waals surface area contributed by atoms with Gasteiger partial charge in [0.2, 0.25) is 0 Å². The fourth-order valence-corrected chi connectivity index (χ4v) is 5.25. The largest absolute Gasteiger partial charge is 0.462 e. The highest BCUT2D eigenvalue weighted by Gasteiger charge is 2.30. The van der Waals surface area contributed by atoms with E-state index in [4.69, 9.17) is 4.74 Å². The topological polar surface area (TPSA) is 82.4 Å². The summed E-state index contributed by atoms with van der Waals surface area (Å²) in [5.74, 6) is -0.992. The smallest absolute Gasteiger partial charge is 0.341 e. The number of carbonyl (C=O) groups is 2. The molecule has 0 radical (unpaired) electrons. The van der Waals surface area contributed by atoms with Gasteiger partial charge in [0.25, 0.3) is 5.91 Å². The molecule has 34 heavy (non-hydrogen) atoms. The van der Waals surface area contributed by atoms with Crippen molar-refractivity contribution in [3.05, 3.63) is 93.4 Å². The predicted molar refractivity (Wildman–Crippen MR) is 133 cm³/mol.